The molecule has 1 aliphatic heterocycles. The van der Waals surface area contributed by atoms with Crippen molar-refractivity contribution in [1.29, 1.82) is 0 Å². The molecule has 3 N–H and O–H groups in total. The van der Waals surface area contributed by atoms with Crippen LogP contribution in [0.15, 0.2) is 48.5 Å². The highest BCUT2D eigenvalue weighted by atomic mass is 19.1. The molecule has 0 radical (unpaired) electrons. The zero-order valence-electron chi connectivity index (χ0n) is 17.1. The maximum atomic E-state index is 13.9. The number of halogens is 1. The molecule has 7 heteroatoms. The molecule has 1 fully saturated rings. The van der Waals surface area contributed by atoms with Crippen LogP contribution in [0.3, 0.4) is 0 Å². The largest absolute Gasteiger partial charge is 0.395 e. The molecule has 0 aromatic heterocycles. The minimum atomic E-state index is -0.622. The maximum absolute atomic E-state index is 13.9. The molecule has 2 aromatic carbocycles. The minimum Gasteiger partial charge on any atom is -0.395 e. The Morgan fingerprint density at radius 2 is 1.87 bits per heavy atom. The van der Waals surface area contributed by atoms with Crippen LogP contribution < -0.4 is 5.32 Å². The quantitative estimate of drug-likeness (QED) is 0.721. The Hall–Kier alpha value is -2.48. The van der Waals surface area contributed by atoms with Gasteiger partial charge in [-0.05, 0) is 43.1 Å². The van der Waals surface area contributed by atoms with Gasteiger partial charge in [-0.15, -0.1) is 0 Å². The first-order chi connectivity index (χ1) is 14.5. The van der Waals surface area contributed by atoms with Gasteiger partial charge in [0.1, 0.15) is 5.82 Å². The van der Waals surface area contributed by atoms with Crippen LogP contribution >= 0.6 is 0 Å². The van der Waals surface area contributed by atoms with Gasteiger partial charge in [-0.25, -0.2) is 9.18 Å². The van der Waals surface area contributed by atoms with E-state index in [-0.39, 0.29) is 24.4 Å². The summed E-state index contributed by atoms with van der Waals surface area (Å²) in [6, 6.07) is 13.7. The summed E-state index contributed by atoms with van der Waals surface area (Å²) in [4.78, 5) is 16.3. The monoisotopic (exact) mass is 413 g/mol. The molecule has 1 aliphatic carbocycles. The van der Waals surface area contributed by atoms with E-state index in [0.717, 1.165) is 11.1 Å². The van der Waals surface area contributed by atoms with Gasteiger partial charge in [0.05, 0.1) is 24.4 Å². The minimum absolute atomic E-state index is 0.0267. The number of aliphatic hydroxyl groups excluding tert-OH is 2. The third-order valence-electron chi connectivity index (χ3n) is 6.67. The van der Waals surface area contributed by atoms with Gasteiger partial charge in [-0.1, -0.05) is 36.4 Å². The van der Waals surface area contributed by atoms with E-state index in [4.69, 9.17) is 0 Å². The molecule has 6 nitrogen and oxygen atoms in total. The summed E-state index contributed by atoms with van der Waals surface area (Å²) in [6.07, 6.45) is 0.627. The van der Waals surface area contributed by atoms with Crippen molar-refractivity contribution < 1.29 is 19.4 Å². The fourth-order valence-corrected chi connectivity index (χ4v) is 5.05. The average Bonchev–Trinajstić information content (AvgIpc) is 2.99. The predicted octanol–water partition coefficient (Wildman–Crippen LogP) is 2.73. The van der Waals surface area contributed by atoms with Crippen molar-refractivity contribution in [3.8, 4) is 0 Å². The molecule has 1 saturated heterocycles. The Balaban J connectivity index is 1.52. The number of carbonyl (C=O) groups excluding carboxylic acids is 1. The summed E-state index contributed by atoms with van der Waals surface area (Å²) in [5.41, 5.74) is 1.95. The Kier molecular flexibility index (Phi) is 5.77. The number of urea groups is 1. The molecule has 2 amide bonds. The number of rotatable bonds is 4. The fourth-order valence-electron chi connectivity index (χ4n) is 5.05. The number of hydrogen-bond donors (Lipinski definition) is 3. The van der Waals surface area contributed by atoms with E-state index in [1.807, 2.05) is 30.1 Å². The van der Waals surface area contributed by atoms with Gasteiger partial charge in [-0.3, -0.25) is 4.90 Å². The van der Waals surface area contributed by atoms with Crippen LogP contribution in [0, 0.1) is 5.82 Å². The van der Waals surface area contributed by atoms with Crippen LogP contribution in [-0.2, 0) is 5.41 Å². The highest BCUT2D eigenvalue weighted by Crippen LogP contribution is 2.52. The smallest absolute Gasteiger partial charge is 0.321 e. The molecule has 4 rings (SSSR count). The first-order valence-electron chi connectivity index (χ1n) is 10.4. The van der Waals surface area contributed by atoms with E-state index in [1.165, 1.54) is 12.1 Å². The van der Waals surface area contributed by atoms with E-state index >= 15 is 0 Å². The van der Waals surface area contributed by atoms with Crippen LogP contribution in [-0.4, -0.2) is 65.4 Å². The molecule has 2 aliphatic rings. The molecule has 2 atom stereocenters. The summed E-state index contributed by atoms with van der Waals surface area (Å²) in [6.45, 7) is 1.45. The van der Waals surface area contributed by atoms with Crippen molar-refractivity contribution in [1.82, 2.24) is 9.80 Å². The number of likely N-dealkylation sites (tertiary alicyclic amines) is 1. The van der Waals surface area contributed by atoms with E-state index in [1.54, 1.807) is 17.0 Å². The highest BCUT2D eigenvalue weighted by molar-refractivity contribution is 5.89. The summed E-state index contributed by atoms with van der Waals surface area (Å²) in [5.74, 6) is -0.464. The molecule has 0 unspecified atom stereocenters. The zero-order chi connectivity index (χ0) is 21.3. The number of piperidine rings is 1. The summed E-state index contributed by atoms with van der Waals surface area (Å²) in [7, 11) is 1.91. The number of carbonyl (C=O) groups is 1. The van der Waals surface area contributed by atoms with Crippen molar-refractivity contribution in [3.05, 3.63) is 65.5 Å². The number of anilines is 1. The molecule has 0 saturated carbocycles. The van der Waals surface area contributed by atoms with E-state index < -0.39 is 17.3 Å². The number of nitrogens with one attached hydrogen (secondary N) is 1. The van der Waals surface area contributed by atoms with Crippen LogP contribution in [0.2, 0.25) is 0 Å². The number of amides is 2. The zero-order valence-corrected chi connectivity index (χ0v) is 17.1. The van der Waals surface area contributed by atoms with E-state index in [9.17, 15) is 19.4 Å². The number of benzene rings is 2. The molecule has 30 heavy (non-hydrogen) atoms. The van der Waals surface area contributed by atoms with Gasteiger partial charge in [0.15, 0.2) is 0 Å². The number of hydrogen-bond acceptors (Lipinski definition) is 4. The predicted molar refractivity (Wildman–Crippen MR) is 113 cm³/mol. The van der Waals surface area contributed by atoms with Gasteiger partial charge in [-0.2, -0.15) is 0 Å². The third-order valence-corrected chi connectivity index (χ3v) is 6.67. The summed E-state index contributed by atoms with van der Waals surface area (Å²) >= 11 is 0. The van der Waals surface area contributed by atoms with Crippen LogP contribution in [0.4, 0.5) is 14.9 Å². The second-order valence-corrected chi connectivity index (χ2v) is 8.23. The molecule has 160 valence electrons. The van der Waals surface area contributed by atoms with Gasteiger partial charge in [0.2, 0.25) is 0 Å². The number of likely N-dealkylation sites (N-methyl/N-ethyl adjacent to an activating group) is 1. The van der Waals surface area contributed by atoms with Crippen molar-refractivity contribution >= 4 is 11.7 Å². The fraction of sp³-hybridized carbons (Fsp3) is 0.435. The number of fused-ring (bicyclic) bond motifs is 2. The van der Waals surface area contributed by atoms with Crippen molar-refractivity contribution in [2.45, 2.75) is 30.4 Å². The number of para-hydroxylation sites is 1. The average molecular weight is 413 g/mol. The van der Waals surface area contributed by atoms with Crippen molar-refractivity contribution in [2.75, 3.05) is 38.6 Å². The highest BCUT2D eigenvalue weighted by Gasteiger charge is 2.53. The molecule has 2 aromatic rings. The Morgan fingerprint density at radius 3 is 2.57 bits per heavy atom. The Bertz CT molecular complexity index is 914. The topological polar surface area (TPSA) is 76.0 Å². The first-order valence-corrected chi connectivity index (χ1v) is 10.4. The maximum Gasteiger partial charge on any atom is 0.321 e. The molecule has 1 spiro atoms. The van der Waals surface area contributed by atoms with Crippen LogP contribution in [0.25, 0.3) is 0 Å². The van der Waals surface area contributed by atoms with Gasteiger partial charge in [0.25, 0.3) is 0 Å². The lowest BCUT2D eigenvalue weighted by molar-refractivity contribution is -0.00669. The summed E-state index contributed by atoms with van der Waals surface area (Å²) in [5, 5.41) is 23.4. The molecule has 0 bridgehead atoms. The Labute approximate surface area is 175 Å². The van der Waals surface area contributed by atoms with E-state index in [2.05, 4.69) is 11.4 Å². The second kappa shape index (κ2) is 8.34. The van der Waals surface area contributed by atoms with Gasteiger partial charge in [0, 0.05) is 25.0 Å². The lowest BCUT2D eigenvalue weighted by Crippen LogP contribution is -2.51. The standard InChI is InChI=1S/C23H28FN3O3/c1-26(14-15-28)20-16-6-2-3-7-17(16)23(21(20)29)10-12-27(13-11-23)22(30)25-19-9-5-4-8-18(19)24/h2-9,20-21,28-29H,10-15H2,1H3,(H,25,30)/t20-,21+/m0/s1. The SMILES string of the molecule is CN(CCO)[C@H]1c2ccccc2C2(CCN(C(=O)Nc3ccccc3F)CC2)[C@@H]1O. The van der Waals surface area contributed by atoms with Crippen LogP contribution in [0.1, 0.15) is 30.0 Å². The number of aliphatic hydroxyl groups is 2. The molecule has 1 heterocycles. The summed E-state index contributed by atoms with van der Waals surface area (Å²) < 4.78 is 13.9. The normalized spacial score (nSPS) is 22.4. The Morgan fingerprint density at radius 1 is 1.20 bits per heavy atom. The second-order valence-electron chi connectivity index (χ2n) is 8.23. The van der Waals surface area contributed by atoms with E-state index in [0.29, 0.717) is 32.5 Å². The lowest BCUT2D eigenvalue weighted by Gasteiger charge is -2.43. The first kappa shape index (κ1) is 20.8. The number of nitrogens with zero attached hydrogens (tertiary/aromatic N) is 2. The van der Waals surface area contributed by atoms with Crippen molar-refractivity contribution in [3.63, 3.8) is 0 Å². The van der Waals surface area contributed by atoms with Crippen LogP contribution in [0.5, 0.6) is 0 Å². The lowest BCUT2D eigenvalue weighted by atomic mass is 9.72. The molecular formula is C23H28FN3O3. The molecular weight excluding hydrogens is 385 g/mol. The van der Waals surface area contributed by atoms with Gasteiger partial charge < -0.3 is 20.4 Å². The third kappa shape index (κ3) is 3.47. The van der Waals surface area contributed by atoms with Gasteiger partial charge >= 0.3 is 6.03 Å². The van der Waals surface area contributed by atoms with Crippen molar-refractivity contribution in [2.24, 2.45) is 0 Å².